The number of nitrogens with one attached hydrogen (secondary N) is 4. The fourth-order valence-corrected chi connectivity index (χ4v) is 1.11. The average molecular weight is 128 g/mol. The first-order chi connectivity index (χ1) is 4.36. The highest BCUT2D eigenvalue weighted by molar-refractivity contribution is 5.77. The highest BCUT2D eigenvalue weighted by Gasteiger charge is 2.34. The Labute approximate surface area is 52.2 Å². The van der Waals surface area contributed by atoms with Crippen molar-refractivity contribution >= 4 is 6.03 Å². The van der Waals surface area contributed by atoms with E-state index in [4.69, 9.17) is 0 Å². The first-order valence-electron chi connectivity index (χ1n) is 2.90. The van der Waals surface area contributed by atoms with E-state index >= 15 is 0 Å². The van der Waals surface area contributed by atoms with Gasteiger partial charge in [-0.1, -0.05) is 0 Å². The average Bonchev–Trinajstić information content (AvgIpc) is 2.22. The number of rotatable bonds is 0. The number of hydrogen-bond donors (Lipinski definition) is 4. The van der Waals surface area contributed by atoms with Gasteiger partial charge in [0.15, 0.2) is 0 Å². The summed E-state index contributed by atoms with van der Waals surface area (Å²) in [5.74, 6) is 0. The smallest absolute Gasteiger partial charge is 0.317 e. The van der Waals surface area contributed by atoms with E-state index in [0.29, 0.717) is 0 Å². The summed E-state index contributed by atoms with van der Waals surface area (Å²) in [6.45, 7) is 0.753. The molecule has 0 bridgehead atoms. The van der Waals surface area contributed by atoms with Gasteiger partial charge in [-0.25, -0.2) is 4.79 Å². The summed E-state index contributed by atoms with van der Waals surface area (Å²) >= 11 is 0. The standard InChI is InChI=1S/C4H8N4O/c9-4-7-2-3(8-4)6-1-5-2/h2-3,5-6H,1H2,(H2,7,8,9)/t2-,3+. The van der Waals surface area contributed by atoms with Gasteiger partial charge < -0.3 is 10.6 Å². The predicted octanol–water partition coefficient (Wildman–Crippen LogP) is -1.90. The van der Waals surface area contributed by atoms with Crippen LogP contribution < -0.4 is 21.3 Å². The molecule has 2 atom stereocenters. The van der Waals surface area contributed by atoms with Crippen LogP contribution in [-0.4, -0.2) is 25.0 Å². The van der Waals surface area contributed by atoms with E-state index in [0.717, 1.165) is 6.67 Å². The fourth-order valence-electron chi connectivity index (χ4n) is 1.11. The van der Waals surface area contributed by atoms with Crippen molar-refractivity contribution in [3.8, 4) is 0 Å². The minimum Gasteiger partial charge on any atom is -0.319 e. The van der Waals surface area contributed by atoms with Gasteiger partial charge in [0.25, 0.3) is 0 Å². The van der Waals surface area contributed by atoms with Gasteiger partial charge in [0.2, 0.25) is 0 Å². The molecule has 2 aliphatic heterocycles. The molecule has 2 aliphatic rings. The number of amides is 2. The number of fused-ring (bicyclic) bond motifs is 1. The Bertz CT molecular complexity index is 134. The second-order valence-corrected chi connectivity index (χ2v) is 2.16. The van der Waals surface area contributed by atoms with Crippen LogP contribution >= 0.6 is 0 Å². The summed E-state index contributed by atoms with van der Waals surface area (Å²) in [7, 11) is 0. The van der Waals surface area contributed by atoms with Crippen molar-refractivity contribution in [3.63, 3.8) is 0 Å². The van der Waals surface area contributed by atoms with Gasteiger partial charge in [0.05, 0.1) is 0 Å². The van der Waals surface area contributed by atoms with Crippen LogP contribution in [0.3, 0.4) is 0 Å². The number of carbonyl (C=O) groups excluding carboxylic acids is 1. The highest BCUT2D eigenvalue weighted by Crippen LogP contribution is 1.98. The molecule has 0 aromatic heterocycles. The fraction of sp³-hybridized carbons (Fsp3) is 0.750. The maximum absolute atomic E-state index is 10.6. The van der Waals surface area contributed by atoms with E-state index in [2.05, 4.69) is 21.3 Å². The largest absolute Gasteiger partial charge is 0.319 e. The molecule has 5 nitrogen and oxygen atoms in total. The minimum absolute atomic E-state index is 0.0810. The van der Waals surface area contributed by atoms with Crippen molar-refractivity contribution in [2.45, 2.75) is 12.3 Å². The molecule has 0 aromatic rings. The van der Waals surface area contributed by atoms with Crippen LogP contribution in [-0.2, 0) is 0 Å². The van der Waals surface area contributed by atoms with Gasteiger partial charge in [-0.15, -0.1) is 0 Å². The summed E-state index contributed by atoms with van der Waals surface area (Å²) in [5.41, 5.74) is 0. The Morgan fingerprint density at radius 2 is 1.78 bits per heavy atom. The number of carbonyl (C=O) groups is 1. The van der Waals surface area contributed by atoms with Gasteiger partial charge in [0.1, 0.15) is 12.3 Å². The molecule has 5 heteroatoms. The zero-order valence-corrected chi connectivity index (χ0v) is 4.77. The molecule has 50 valence electrons. The third kappa shape index (κ3) is 0.655. The maximum atomic E-state index is 10.6. The third-order valence-electron chi connectivity index (χ3n) is 1.55. The molecule has 9 heavy (non-hydrogen) atoms. The molecular weight excluding hydrogens is 120 g/mol. The van der Waals surface area contributed by atoms with E-state index in [1.807, 2.05) is 0 Å². The number of hydrogen-bond acceptors (Lipinski definition) is 3. The normalized spacial score (nSPS) is 39.8. The third-order valence-corrected chi connectivity index (χ3v) is 1.55. The molecular formula is C4H8N4O. The van der Waals surface area contributed by atoms with Crippen LogP contribution in [0.1, 0.15) is 0 Å². The zero-order chi connectivity index (χ0) is 6.27. The van der Waals surface area contributed by atoms with Crippen LogP contribution in [0.15, 0.2) is 0 Å². The lowest BCUT2D eigenvalue weighted by Gasteiger charge is -2.04. The molecule has 0 spiro atoms. The molecule has 2 heterocycles. The van der Waals surface area contributed by atoms with Crippen LogP contribution in [0, 0.1) is 0 Å². The van der Waals surface area contributed by atoms with E-state index in [1.54, 1.807) is 0 Å². The van der Waals surface area contributed by atoms with E-state index in [9.17, 15) is 4.79 Å². The Kier molecular flexibility index (Phi) is 0.882. The molecule has 0 radical (unpaired) electrons. The lowest BCUT2D eigenvalue weighted by atomic mass is 10.4. The lowest BCUT2D eigenvalue weighted by Crippen LogP contribution is -2.39. The summed E-state index contributed by atoms with van der Waals surface area (Å²) in [6.07, 6.45) is 0.162. The molecule has 2 fully saturated rings. The Morgan fingerprint density at radius 1 is 1.22 bits per heavy atom. The molecule has 0 aromatic carbocycles. The van der Waals surface area contributed by atoms with Crippen LogP contribution in [0.25, 0.3) is 0 Å². The molecule has 0 aliphatic carbocycles. The van der Waals surface area contributed by atoms with Gasteiger partial charge in [0, 0.05) is 6.67 Å². The van der Waals surface area contributed by atoms with Gasteiger partial charge >= 0.3 is 6.03 Å². The van der Waals surface area contributed by atoms with Gasteiger partial charge in [-0.3, -0.25) is 10.6 Å². The Hall–Kier alpha value is -0.810. The summed E-state index contributed by atoms with van der Waals surface area (Å²) in [6, 6.07) is -0.107. The Balaban J connectivity index is 2.09. The second kappa shape index (κ2) is 1.58. The van der Waals surface area contributed by atoms with Crippen molar-refractivity contribution in [1.82, 2.24) is 21.3 Å². The molecule has 2 saturated heterocycles. The quantitative estimate of drug-likeness (QED) is 0.308. The number of urea groups is 1. The van der Waals surface area contributed by atoms with Crippen LogP contribution in [0.5, 0.6) is 0 Å². The molecule has 4 N–H and O–H groups in total. The van der Waals surface area contributed by atoms with Crippen LogP contribution in [0.2, 0.25) is 0 Å². The Morgan fingerprint density at radius 3 is 2.33 bits per heavy atom. The SMILES string of the molecule is O=C1N[C@H]2NCN[C@H]2N1. The van der Waals surface area contributed by atoms with E-state index in [1.165, 1.54) is 0 Å². The topological polar surface area (TPSA) is 65.2 Å². The lowest BCUT2D eigenvalue weighted by molar-refractivity contribution is 0.245. The highest BCUT2D eigenvalue weighted by atomic mass is 16.2. The monoisotopic (exact) mass is 128 g/mol. The van der Waals surface area contributed by atoms with Crippen molar-refractivity contribution in [1.29, 1.82) is 0 Å². The summed E-state index contributed by atoms with van der Waals surface area (Å²) in [4.78, 5) is 10.6. The van der Waals surface area contributed by atoms with E-state index < -0.39 is 0 Å². The van der Waals surface area contributed by atoms with E-state index in [-0.39, 0.29) is 18.4 Å². The summed E-state index contributed by atoms with van der Waals surface area (Å²) < 4.78 is 0. The maximum Gasteiger partial charge on any atom is 0.317 e. The van der Waals surface area contributed by atoms with Crippen LogP contribution in [0.4, 0.5) is 4.79 Å². The first kappa shape index (κ1) is 5.01. The van der Waals surface area contributed by atoms with Gasteiger partial charge in [-0.05, 0) is 0 Å². The minimum atomic E-state index is -0.107. The molecule has 2 rings (SSSR count). The first-order valence-corrected chi connectivity index (χ1v) is 2.90. The molecule has 2 amide bonds. The van der Waals surface area contributed by atoms with Crippen molar-refractivity contribution in [2.75, 3.05) is 6.67 Å². The molecule has 0 saturated carbocycles. The predicted molar refractivity (Wildman–Crippen MR) is 30.4 cm³/mol. The van der Waals surface area contributed by atoms with Crippen molar-refractivity contribution < 1.29 is 4.79 Å². The van der Waals surface area contributed by atoms with Gasteiger partial charge in [-0.2, -0.15) is 0 Å². The summed E-state index contributed by atoms with van der Waals surface area (Å²) in [5, 5.41) is 11.5. The molecule has 0 unspecified atom stereocenters. The van der Waals surface area contributed by atoms with Crippen molar-refractivity contribution in [3.05, 3.63) is 0 Å². The zero-order valence-electron chi connectivity index (χ0n) is 4.77. The van der Waals surface area contributed by atoms with Crippen molar-refractivity contribution in [2.24, 2.45) is 0 Å². The second-order valence-electron chi connectivity index (χ2n) is 2.16.